The molecule has 0 heterocycles. The normalized spacial score (nSPS) is 18.7. The van der Waals surface area contributed by atoms with Gasteiger partial charge in [-0.1, -0.05) is 31.7 Å². The van der Waals surface area contributed by atoms with Gasteiger partial charge in [0.05, 0.1) is 0 Å². The standard InChI is InChI=1S/C20H28N2O2/c23-19(12-15-6-1-2-7-15)21-17-10-5-11-18(14-17)22-20(24)13-16-8-3-4-9-16/h5,10-11,14-16H,1-4,6-9,12-13H2,(H,21,23)(H,22,24). The Bertz CT molecular complexity index is 526. The minimum Gasteiger partial charge on any atom is -0.326 e. The first-order chi connectivity index (χ1) is 11.7. The largest absolute Gasteiger partial charge is 0.326 e. The summed E-state index contributed by atoms with van der Waals surface area (Å²) in [7, 11) is 0. The van der Waals surface area contributed by atoms with E-state index in [0.717, 1.165) is 11.4 Å². The van der Waals surface area contributed by atoms with E-state index < -0.39 is 0 Å². The summed E-state index contributed by atoms with van der Waals surface area (Å²) in [5.74, 6) is 1.24. The molecule has 3 rings (SSSR count). The molecule has 0 atom stereocenters. The number of nitrogens with one attached hydrogen (secondary N) is 2. The Kier molecular flexibility index (Phi) is 5.89. The zero-order chi connectivity index (χ0) is 16.8. The molecule has 0 aromatic heterocycles. The summed E-state index contributed by atoms with van der Waals surface area (Å²) >= 11 is 0. The van der Waals surface area contributed by atoms with E-state index in [1.54, 1.807) is 0 Å². The molecule has 2 aliphatic carbocycles. The smallest absolute Gasteiger partial charge is 0.224 e. The molecule has 130 valence electrons. The van der Waals surface area contributed by atoms with E-state index in [1.807, 2.05) is 24.3 Å². The van der Waals surface area contributed by atoms with E-state index in [4.69, 9.17) is 0 Å². The number of carbonyl (C=O) groups excluding carboxylic acids is 2. The summed E-state index contributed by atoms with van der Waals surface area (Å²) < 4.78 is 0. The second-order valence-corrected chi connectivity index (χ2v) is 7.39. The van der Waals surface area contributed by atoms with Gasteiger partial charge in [0.25, 0.3) is 0 Å². The summed E-state index contributed by atoms with van der Waals surface area (Å²) in [6.07, 6.45) is 10.9. The minimum absolute atomic E-state index is 0.0799. The molecule has 24 heavy (non-hydrogen) atoms. The van der Waals surface area contributed by atoms with Crippen LogP contribution in [-0.4, -0.2) is 11.8 Å². The van der Waals surface area contributed by atoms with E-state index in [9.17, 15) is 9.59 Å². The Hall–Kier alpha value is -1.84. The molecule has 0 aliphatic heterocycles. The van der Waals surface area contributed by atoms with Gasteiger partial charge in [-0.05, 0) is 55.7 Å². The topological polar surface area (TPSA) is 58.2 Å². The third kappa shape index (κ3) is 5.08. The molecule has 2 aliphatic rings. The molecule has 0 unspecified atom stereocenters. The number of hydrogen-bond donors (Lipinski definition) is 2. The van der Waals surface area contributed by atoms with Gasteiger partial charge < -0.3 is 10.6 Å². The summed E-state index contributed by atoms with van der Waals surface area (Å²) in [5.41, 5.74) is 1.52. The molecular formula is C20H28N2O2. The molecule has 4 heteroatoms. The van der Waals surface area contributed by atoms with E-state index in [0.29, 0.717) is 24.7 Å². The number of anilines is 2. The Balaban J connectivity index is 1.49. The first-order valence-corrected chi connectivity index (χ1v) is 9.39. The van der Waals surface area contributed by atoms with Gasteiger partial charge in [0.15, 0.2) is 0 Å². The van der Waals surface area contributed by atoms with E-state index in [1.165, 1.54) is 51.4 Å². The molecule has 1 aromatic carbocycles. The van der Waals surface area contributed by atoms with Crippen molar-refractivity contribution in [3.63, 3.8) is 0 Å². The highest BCUT2D eigenvalue weighted by atomic mass is 16.2. The molecule has 0 radical (unpaired) electrons. The molecular weight excluding hydrogens is 300 g/mol. The van der Waals surface area contributed by atoms with Crippen molar-refractivity contribution >= 4 is 23.2 Å². The number of benzene rings is 1. The predicted molar refractivity (Wildman–Crippen MR) is 96.9 cm³/mol. The lowest BCUT2D eigenvalue weighted by atomic mass is 10.0. The number of rotatable bonds is 6. The SMILES string of the molecule is O=C(CC1CCCC1)Nc1cccc(NC(=O)CC2CCCC2)c1. The molecule has 4 nitrogen and oxygen atoms in total. The lowest BCUT2D eigenvalue weighted by Gasteiger charge is -2.12. The van der Waals surface area contributed by atoms with Gasteiger partial charge in [-0.3, -0.25) is 9.59 Å². The van der Waals surface area contributed by atoms with Gasteiger partial charge in [0, 0.05) is 24.2 Å². The maximum atomic E-state index is 12.1. The third-order valence-electron chi connectivity index (χ3n) is 5.33. The van der Waals surface area contributed by atoms with Gasteiger partial charge in [-0.25, -0.2) is 0 Å². The summed E-state index contributed by atoms with van der Waals surface area (Å²) in [5, 5.41) is 5.93. The summed E-state index contributed by atoms with van der Waals surface area (Å²) in [4.78, 5) is 24.3. The van der Waals surface area contributed by atoms with Crippen molar-refractivity contribution in [2.75, 3.05) is 10.6 Å². The van der Waals surface area contributed by atoms with Crippen molar-refractivity contribution in [1.82, 2.24) is 0 Å². The highest BCUT2D eigenvalue weighted by molar-refractivity contribution is 5.94. The zero-order valence-corrected chi connectivity index (χ0v) is 14.4. The van der Waals surface area contributed by atoms with Crippen LogP contribution in [0.4, 0.5) is 11.4 Å². The van der Waals surface area contributed by atoms with Crippen molar-refractivity contribution in [2.24, 2.45) is 11.8 Å². The second-order valence-electron chi connectivity index (χ2n) is 7.39. The third-order valence-corrected chi connectivity index (χ3v) is 5.33. The maximum Gasteiger partial charge on any atom is 0.224 e. The van der Waals surface area contributed by atoms with Crippen molar-refractivity contribution in [1.29, 1.82) is 0 Å². The van der Waals surface area contributed by atoms with Crippen LogP contribution in [0.1, 0.15) is 64.2 Å². The fraction of sp³-hybridized carbons (Fsp3) is 0.600. The van der Waals surface area contributed by atoms with Gasteiger partial charge >= 0.3 is 0 Å². The Morgan fingerprint density at radius 1 is 0.792 bits per heavy atom. The van der Waals surface area contributed by atoms with Crippen LogP contribution >= 0.6 is 0 Å². The molecule has 2 saturated carbocycles. The minimum atomic E-state index is 0.0799. The zero-order valence-electron chi connectivity index (χ0n) is 14.4. The van der Waals surface area contributed by atoms with Crippen LogP contribution in [0.3, 0.4) is 0 Å². The molecule has 1 aromatic rings. The molecule has 2 amide bonds. The quantitative estimate of drug-likeness (QED) is 0.793. The average Bonchev–Trinajstić information content (AvgIpc) is 3.21. The van der Waals surface area contributed by atoms with Crippen molar-refractivity contribution in [2.45, 2.75) is 64.2 Å². The van der Waals surface area contributed by atoms with Crippen molar-refractivity contribution in [3.05, 3.63) is 24.3 Å². The Labute approximate surface area is 144 Å². The lowest BCUT2D eigenvalue weighted by Crippen LogP contribution is -2.16. The van der Waals surface area contributed by atoms with Crippen molar-refractivity contribution < 1.29 is 9.59 Å². The molecule has 2 N–H and O–H groups in total. The van der Waals surface area contributed by atoms with Crippen LogP contribution in [0.2, 0.25) is 0 Å². The summed E-state index contributed by atoms with van der Waals surface area (Å²) in [6, 6.07) is 7.47. The van der Waals surface area contributed by atoms with Crippen LogP contribution in [-0.2, 0) is 9.59 Å². The predicted octanol–water partition coefficient (Wildman–Crippen LogP) is 4.72. The number of amides is 2. The number of carbonyl (C=O) groups is 2. The second kappa shape index (κ2) is 8.32. The first-order valence-electron chi connectivity index (χ1n) is 9.39. The van der Waals surface area contributed by atoms with Crippen LogP contribution in [0.15, 0.2) is 24.3 Å². The molecule has 0 spiro atoms. The molecule has 0 saturated heterocycles. The number of hydrogen-bond acceptors (Lipinski definition) is 2. The fourth-order valence-electron chi connectivity index (χ4n) is 4.05. The maximum absolute atomic E-state index is 12.1. The molecule has 0 bridgehead atoms. The average molecular weight is 328 g/mol. The van der Waals surface area contributed by atoms with E-state index in [2.05, 4.69) is 10.6 Å². The van der Waals surface area contributed by atoms with Gasteiger partial charge in [0.1, 0.15) is 0 Å². The van der Waals surface area contributed by atoms with Gasteiger partial charge in [-0.15, -0.1) is 0 Å². The van der Waals surface area contributed by atoms with Gasteiger partial charge in [-0.2, -0.15) is 0 Å². The lowest BCUT2D eigenvalue weighted by molar-refractivity contribution is -0.117. The van der Waals surface area contributed by atoms with Crippen LogP contribution in [0, 0.1) is 11.8 Å². The fourth-order valence-corrected chi connectivity index (χ4v) is 4.05. The highest BCUT2D eigenvalue weighted by Crippen LogP contribution is 2.29. The van der Waals surface area contributed by atoms with E-state index in [-0.39, 0.29) is 11.8 Å². The van der Waals surface area contributed by atoms with Crippen LogP contribution in [0.5, 0.6) is 0 Å². The van der Waals surface area contributed by atoms with E-state index >= 15 is 0 Å². The van der Waals surface area contributed by atoms with Gasteiger partial charge in [0.2, 0.25) is 11.8 Å². The first kappa shape index (κ1) is 17.0. The van der Waals surface area contributed by atoms with Crippen LogP contribution < -0.4 is 10.6 Å². The summed E-state index contributed by atoms with van der Waals surface area (Å²) in [6.45, 7) is 0. The Morgan fingerprint density at radius 3 is 1.62 bits per heavy atom. The molecule has 2 fully saturated rings. The highest BCUT2D eigenvalue weighted by Gasteiger charge is 2.19. The van der Waals surface area contributed by atoms with Crippen molar-refractivity contribution in [3.8, 4) is 0 Å². The van der Waals surface area contributed by atoms with Crippen LogP contribution in [0.25, 0.3) is 0 Å². The monoisotopic (exact) mass is 328 g/mol. The Morgan fingerprint density at radius 2 is 1.21 bits per heavy atom.